The van der Waals surface area contributed by atoms with E-state index in [1.807, 2.05) is 31.2 Å². The van der Waals surface area contributed by atoms with Gasteiger partial charge in [0.25, 0.3) is 0 Å². The average Bonchev–Trinajstić information content (AvgIpc) is 2.58. The Morgan fingerprint density at radius 3 is 2.24 bits per heavy atom. The minimum atomic E-state index is -1.42. The molecule has 0 fully saturated rings. The van der Waals surface area contributed by atoms with Crippen LogP contribution < -0.4 is 16.2 Å². The molecule has 7 heteroatoms. The number of nitrogens with two attached hydrogens (primary N) is 2. The summed E-state index contributed by atoms with van der Waals surface area (Å²) >= 11 is -1.42. The molecule has 0 atom stereocenters. The largest absolute Gasteiger partial charge is 0.421 e. The third-order valence-corrected chi connectivity index (χ3v) is 3.67. The number of ether oxygens (including phenoxy) is 1. The highest BCUT2D eigenvalue weighted by molar-refractivity contribution is 7.51. The van der Waals surface area contributed by atoms with Crippen LogP contribution in [0, 0.1) is 6.92 Å². The molecule has 0 amide bonds. The van der Waals surface area contributed by atoms with Gasteiger partial charge in [0.2, 0.25) is 0 Å². The predicted octanol–water partition coefficient (Wildman–Crippen LogP) is 2.33. The SMILES string of the molecule is Cc1c(C(=O)Oc2ccccc2N)c(N)cc2ccccc12.O=[SH2]=O. The molecule has 0 aliphatic carbocycles. The van der Waals surface area contributed by atoms with Crippen molar-refractivity contribution in [1.29, 1.82) is 0 Å². The van der Waals surface area contributed by atoms with E-state index in [1.165, 1.54) is 0 Å². The van der Waals surface area contributed by atoms with Crippen LogP contribution in [0.15, 0.2) is 54.6 Å². The summed E-state index contributed by atoms with van der Waals surface area (Å²) in [6, 6.07) is 16.4. The molecule has 0 saturated heterocycles. The topological polar surface area (TPSA) is 112 Å². The lowest BCUT2D eigenvalue weighted by Gasteiger charge is -2.13. The molecule has 0 spiro atoms. The fourth-order valence-electron chi connectivity index (χ4n) is 2.55. The first-order valence-corrected chi connectivity index (χ1v) is 8.15. The predicted molar refractivity (Wildman–Crippen MR) is 101 cm³/mol. The molecule has 3 aromatic rings. The Bertz CT molecular complexity index is 966. The molecule has 4 N–H and O–H groups in total. The van der Waals surface area contributed by atoms with Gasteiger partial charge in [-0.2, -0.15) is 0 Å². The molecule has 0 unspecified atom stereocenters. The van der Waals surface area contributed by atoms with Crippen LogP contribution in [-0.4, -0.2) is 14.4 Å². The summed E-state index contributed by atoms with van der Waals surface area (Å²) < 4.78 is 22.2. The van der Waals surface area contributed by atoms with Gasteiger partial charge in [-0.15, -0.1) is 0 Å². The summed E-state index contributed by atoms with van der Waals surface area (Å²) in [6.07, 6.45) is 0. The summed E-state index contributed by atoms with van der Waals surface area (Å²) in [6.45, 7) is 1.86. The highest BCUT2D eigenvalue weighted by Gasteiger charge is 2.18. The fraction of sp³-hybridized carbons (Fsp3) is 0.0556. The van der Waals surface area contributed by atoms with Crippen LogP contribution in [0.1, 0.15) is 15.9 Å². The smallest absolute Gasteiger partial charge is 0.346 e. The van der Waals surface area contributed by atoms with Gasteiger partial charge in [-0.05, 0) is 41.5 Å². The molecular weight excluding hydrogens is 340 g/mol. The fourth-order valence-corrected chi connectivity index (χ4v) is 2.55. The Labute approximate surface area is 148 Å². The number of rotatable bonds is 2. The minimum absolute atomic E-state index is 0.333. The van der Waals surface area contributed by atoms with Crippen LogP contribution in [0.3, 0.4) is 0 Å². The molecule has 0 radical (unpaired) electrons. The van der Waals surface area contributed by atoms with Gasteiger partial charge < -0.3 is 16.2 Å². The minimum Gasteiger partial charge on any atom is -0.421 e. The van der Waals surface area contributed by atoms with Gasteiger partial charge in [-0.25, -0.2) is 13.2 Å². The number of carbonyl (C=O) groups is 1. The molecule has 25 heavy (non-hydrogen) atoms. The second-order valence-electron chi connectivity index (χ2n) is 5.20. The van der Waals surface area contributed by atoms with E-state index in [9.17, 15) is 4.79 Å². The van der Waals surface area contributed by atoms with Crippen molar-refractivity contribution >= 4 is 39.7 Å². The Morgan fingerprint density at radius 1 is 0.960 bits per heavy atom. The van der Waals surface area contributed by atoms with Crippen LogP contribution in [0.2, 0.25) is 0 Å². The van der Waals surface area contributed by atoms with Gasteiger partial charge >= 0.3 is 5.97 Å². The molecule has 0 saturated carbocycles. The Morgan fingerprint density at radius 2 is 1.56 bits per heavy atom. The molecule has 3 aromatic carbocycles. The maximum absolute atomic E-state index is 12.5. The van der Waals surface area contributed by atoms with E-state index in [2.05, 4.69) is 0 Å². The molecule has 0 aliphatic rings. The van der Waals surface area contributed by atoms with Crippen molar-refractivity contribution in [3.8, 4) is 5.75 Å². The van der Waals surface area contributed by atoms with Crippen molar-refractivity contribution in [2.45, 2.75) is 6.92 Å². The summed E-state index contributed by atoms with van der Waals surface area (Å²) in [7, 11) is 0. The highest BCUT2D eigenvalue weighted by atomic mass is 32.1. The second kappa shape index (κ2) is 8.16. The van der Waals surface area contributed by atoms with Crippen molar-refractivity contribution in [2.24, 2.45) is 0 Å². The van der Waals surface area contributed by atoms with E-state index in [1.54, 1.807) is 30.3 Å². The van der Waals surface area contributed by atoms with Crippen molar-refractivity contribution in [3.63, 3.8) is 0 Å². The van der Waals surface area contributed by atoms with Gasteiger partial charge in [-0.1, -0.05) is 36.4 Å². The van der Waals surface area contributed by atoms with Gasteiger partial charge in [0.1, 0.15) is 11.6 Å². The first-order chi connectivity index (χ1) is 12.0. The third-order valence-electron chi connectivity index (χ3n) is 3.67. The van der Waals surface area contributed by atoms with Crippen molar-refractivity contribution in [1.82, 2.24) is 0 Å². The lowest BCUT2D eigenvalue weighted by molar-refractivity contribution is 0.0736. The lowest BCUT2D eigenvalue weighted by atomic mass is 9.98. The molecule has 0 aromatic heterocycles. The Balaban J connectivity index is 0.000000701. The van der Waals surface area contributed by atoms with Crippen LogP contribution in [-0.2, 0) is 11.6 Å². The first-order valence-electron chi connectivity index (χ1n) is 7.33. The van der Waals surface area contributed by atoms with Crippen molar-refractivity contribution in [2.75, 3.05) is 11.5 Å². The molecule has 0 bridgehead atoms. The quantitative estimate of drug-likeness (QED) is 0.413. The molecule has 3 rings (SSSR count). The zero-order valence-electron chi connectivity index (χ0n) is 13.5. The summed E-state index contributed by atoms with van der Waals surface area (Å²) in [5.41, 5.74) is 13.8. The second-order valence-corrected chi connectivity index (χ2v) is 5.36. The van der Waals surface area contributed by atoms with E-state index in [0.717, 1.165) is 16.3 Å². The molecule has 0 heterocycles. The summed E-state index contributed by atoms with van der Waals surface area (Å²) in [5.74, 6) is -0.168. The maximum Gasteiger partial charge on any atom is 0.346 e. The highest BCUT2D eigenvalue weighted by Crippen LogP contribution is 2.29. The van der Waals surface area contributed by atoms with Gasteiger partial charge in [0, 0.05) is 5.69 Å². The first kappa shape index (κ1) is 18.3. The van der Waals surface area contributed by atoms with E-state index in [-0.39, 0.29) is 0 Å². The molecule has 130 valence electrons. The average molecular weight is 358 g/mol. The van der Waals surface area contributed by atoms with Gasteiger partial charge in [0.05, 0.1) is 11.3 Å². The standard InChI is InChI=1S/C18H16N2O2.H2O2S/c1-11-13-7-3-2-6-12(13)10-15(20)17(11)18(21)22-16-9-5-4-8-14(16)19;1-3-2/h2-10H,19-20H2,1H3;3H2. The number of hydrogen-bond donors (Lipinski definition) is 2. The number of hydrogen-bond acceptors (Lipinski definition) is 6. The van der Waals surface area contributed by atoms with Gasteiger partial charge in [0.15, 0.2) is 5.75 Å². The monoisotopic (exact) mass is 358 g/mol. The lowest BCUT2D eigenvalue weighted by Crippen LogP contribution is -2.14. The zero-order chi connectivity index (χ0) is 18.4. The summed E-state index contributed by atoms with van der Waals surface area (Å²) in [4.78, 5) is 12.5. The number of para-hydroxylation sites is 2. The maximum atomic E-state index is 12.5. The Hall–Kier alpha value is -3.06. The van der Waals surface area contributed by atoms with E-state index >= 15 is 0 Å². The zero-order valence-corrected chi connectivity index (χ0v) is 14.5. The number of fused-ring (bicyclic) bond motifs is 1. The number of anilines is 2. The number of esters is 1. The van der Waals surface area contributed by atoms with E-state index in [4.69, 9.17) is 24.6 Å². The Kier molecular flexibility index (Phi) is 5.97. The third kappa shape index (κ3) is 4.07. The molecular formula is C18H18N2O4S. The number of nitrogen functional groups attached to an aromatic ring is 2. The van der Waals surface area contributed by atoms with Crippen LogP contribution >= 0.6 is 0 Å². The van der Waals surface area contributed by atoms with Crippen molar-refractivity contribution in [3.05, 3.63) is 65.7 Å². The van der Waals surface area contributed by atoms with E-state index in [0.29, 0.717) is 22.7 Å². The summed E-state index contributed by atoms with van der Waals surface area (Å²) in [5, 5.41) is 1.97. The normalized spacial score (nSPS) is 9.96. The molecule has 0 aliphatic heterocycles. The number of carbonyl (C=O) groups excluding carboxylic acids is 1. The van der Waals surface area contributed by atoms with Gasteiger partial charge in [-0.3, -0.25) is 0 Å². The van der Waals surface area contributed by atoms with Crippen molar-refractivity contribution < 1.29 is 17.9 Å². The number of benzene rings is 3. The van der Waals surface area contributed by atoms with Crippen LogP contribution in [0.4, 0.5) is 11.4 Å². The number of aryl methyl sites for hydroxylation is 1. The molecule has 6 nitrogen and oxygen atoms in total. The van der Waals surface area contributed by atoms with E-state index < -0.39 is 17.5 Å². The van der Waals surface area contributed by atoms with Crippen LogP contribution in [0.5, 0.6) is 5.75 Å². The van der Waals surface area contributed by atoms with Crippen LogP contribution in [0.25, 0.3) is 10.8 Å².